The molecule has 4 rings (SSSR count). The van der Waals surface area contributed by atoms with Crippen molar-refractivity contribution in [3.8, 4) is 0 Å². The Bertz CT molecular complexity index is 832. The van der Waals surface area contributed by atoms with E-state index in [4.69, 9.17) is 19.5 Å². The summed E-state index contributed by atoms with van der Waals surface area (Å²) < 4.78 is 28.2. The van der Waals surface area contributed by atoms with Crippen molar-refractivity contribution in [3.05, 3.63) is 16.7 Å². The zero-order valence-electron chi connectivity index (χ0n) is 10.4. The number of ether oxygens (including phenoxy) is 1. The monoisotopic (exact) mass is 315 g/mol. The fraction of sp³-hybridized carbons (Fsp3) is 0.444. The number of imidazole rings is 1. The molecule has 0 aromatic carbocycles. The van der Waals surface area contributed by atoms with Gasteiger partial charge < -0.3 is 15.4 Å². The Morgan fingerprint density at radius 1 is 1.52 bits per heavy atom. The summed E-state index contributed by atoms with van der Waals surface area (Å²) in [5.41, 5.74) is 5.31. The van der Waals surface area contributed by atoms with E-state index in [1.807, 2.05) is 0 Å². The zero-order chi connectivity index (χ0) is 14.8. The fourth-order valence-electron chi connectivity index (χ4n) is 2.49. The predicted molar refractivity (Wildman–Crippen MR) is 67.1 cm³/mol. The number of fused-ring (bicyclic) bond motifs is 2. The lowest BCUT2D eigenvalue weighted by Gasteiger charge is -2.17. The minimum atomic E-state index is -4.07. The number of aromatic nitrogens is 4. The molecule has 0 saturated carbocycles. The summed E-state index contributed by atoms with van der Waals surface area (Å²) in [4.78, 5) is 31.4. The first kappa shape index (κ1) is 12.9. The molecule has 21 heavy (non-hydrogen) atoms. The van der Waals surface area contributed by atoms with Crippen LogP contribution in [-0.4, -0.2) is 43.2 Å². The van der Waals surface area contributed by atoms with Crippen molar-refractivity contribution in [1.29, 1.82) is 0 Å². The highest BCUT2D eigenvalue weighted by atomic mass is 31.2. The normalized spacial score (nSPS) is 35.4. The highest BCUT2D eigenvalue weighted by molar-refractivity contribution is 7.47. The van der Waals surface area contributed by atoms with E-state index in [2.05, 4.69) is 15.0 Å². The molecule has 4 heterocycles. The van der Waals surface area contributed by atoms with Crippen molar-refractivity contribution in [3.63, 3.8) is 0 Å². The Hall–Kier alpha value is -1.78. The summed E-state index contributed by atoms with van der Waals surface area (Å²) in [5.74, 6) is -0.0692. The molecule has 0 bridgehead atoms. The van der Waals surface area contributed by atoms with Gasteiger partial charge in [-0.05, 0) is 0 Å². The van der Waals surface area contributed by atoms with Gasteiger partial charge in [-0.25, -0.2) is 9.55 Å². The molecule has 0 spiro atoms. The van der Waals surface area contributed by atoms with Crippen LogP contribution in [0.5, 0.6) is 0 Å². The predicted octanol–water partition coefficient (Wildman–Crippen LogP) is -0.885. The minimum absolute atomic E-state index is 0.0692. The third-order valence-corrected chi connectivity index (χ3v) is 4.37. The van der Waals surface area contributed by atoms with Crippen LogP contribution in [-0.2, 0) is 18.3 Å². The molecule has 0 radical (unpaired) electrons. The second-order valence-corrected chi connectivity index (χ2v) is 6.04. The van der Waals surface area contributed by atoms with Crippen LogP contribution in [0.2, 0.25) is 0 Å². The van der Waals surface area contributed by atoms with Crippen LogP contribution in [0.3, 0.4) is 0 Å². The maximum atomic E-state index is 11.7. The first-order valence-electron chi connectivity index (χ1n) is 5.98. The van der Waals surface area contributed by atoms with Crippen molar-refractivity contribution in [2.45, 2.75) is 18.4 Å². The molecule has 4 N–H and O–H groups in total. The number of nitrogens with one attached hydrogen (secondary N) is 1. The number of hydrogen-bond acceptors (Lipinski definition) is 8. The minimum Gasteiger partial charge on any atom is -0.369 e. The van der Waals surface area contributed by atoms with E-state index < -0.39 is 31.8 Å². The molecule has 11 nitrogen and oxygen atoms in total. The van der Waals surface area contributed by atoms with Gasteiger partial charge in [-0.15, -0.1) is 0 Å². The van der Waals surface area contributed by atoms with Crippen LogP contribution in [0.1, 0.15) is 6.23 Å². The first-order valence-corrected chi connectivity index (χ1v) is 7.48. The molecule has 2 fully saturated rings. The van der Waals surface area contributed by atoms with Gasteiger partial charge >= 0.3 is 7.82 Å². The summed E-state index contributed by atoms with van der Waals surface area (Å²) in [7, 11) is -4.07. The van der Waals surface area contributed by atoms with Gasteiger partial charge in [-0.3, -0.25) is 23.4 Å². The van der Waals surface area contributed by atoms with Crippen LogP contribution in [0.15, 0.2) is 11.1 Å². The molecule has 112 valence electrons. The number of nitrogens with zero attached hydrogens (tertiary/aromatic N) is 3. The number of phosphoric ester groups is 1. The van der Waals surface area contributed by atoms with Crippen molar-refractivity contribution >= 4 is 24.9 Å². The van der Waals surface area contributed by atoms with E-state index in [1.165, 1.54) is 10.9 Å². The second kappa shape index (κ2) is 4.12. The average molecular weight is 315 g/mol. The maximum absolute atomic E-state index is 11.7. The van der Waals surface area contributed by atoms with Gasteiger partial charge in [0.25, 0.3) is 5.56 Å². The van der Waals surface area contributed by atoms with E-state index in [9.17, 15) is 14.3 Å². The molecule has 0 aliphatic carbocycles. The summed E-state index contributed by atoms with van der Waals surface area (Å²) in [6.45, 7) is 0.0816. The largest absolute Gasteiger partial charge is 0.473 e. The molecule has 12 heteroatoms. The summed E-state index contributed by atoms with van der Waals surface area (Å²) >= 11 is 0. The summed E-state index contributed by atoms with van der Waals surface area (Å²) in [6, 6.07) is 0. The fourth-order valence-corrected chi connectivity index (χ4v) is 3.61. The van der Waals surface area contributed by atoms with Gasteiger partial charge in [0, 0.05) is 0 Å². The standard InChI is InChI=1S/C9H10N5O6P/c10-9-12-6-4(7(15)13-9)11-2-14(6)8-5-3(1-18-8)19-21(16,17)20-5/h2-3,5,8H,1H2,(H,16,17)(H3,10,12,13,15). The Morgan fingerprint density at radius 2 is 2.33 bits per heavy atom. The lowest BCUT2D eigenvalue weighted by molar-refractivity contribution is -0.000427. The van der Waals surface area contributed by atoms with Gasteiger partial charge in [-0.2, -0.15) is 4.98 Å². The number of aromatic amines is 1. The van der Waals surface area contributed by atoms with Crippen molar-refractivity contribution in [2.75, 3.05) is 12.3 Å². The highest BCUT2D eigenvalue weighted by Crippen LogP contribution is 2.57. The number of hydrogen-bond donors (Lipinski definition) is 3. The number of anilines is 1. The van der Waals surface area contributed by atoms with E-state index in [0.717, 1.165) is 0 Å². The molecule has 2 saturated heterocycles. The number of nitrogens with two attached hydrogens (primary N) is 1. The molecule has 2 aliphatic rings. The number of H-pyrrole nitrogens is 1. The molecule has 0 amide bonds. The van der Waals surface area contributed by atoms with Gasteiger partial charge in [0.1, 0.15) is 12.2 Å². The number of nitrogen functional groups attached to an aromatic ring is 1. The third kappa shape index (κ3) is 1.90. The smallest absolute Gasteiger partial charge is 0.369 e. The van der Waals surface area contributed by atoms with Gasteiger partial charge in [0.05, 0.1) is 12.9 Å². The molecule has 4 atom stereocenters. The van der Waals surface area contributed by atoms with Crippen LogP contribution in [0, 0.1) is 0 Å². The quantitative estimate of drug-likeness (QED) is 0.568. The van der Waals surface area contributed by atoms with E-state index >= 15 is 0 Å². The van der Waals surface area contributed by atoms with Gasteiger partial charge in [0.15, 0.2) is 17.4 Å². The second-order valence-electron chi connectivity index (χ2n) is 4.68. The van der Waals surface area contributed by atoms with Crippen LogP contribution in [0.4, 0.5) is 5.95 Å². The van der Waals surface area contributed by atoms with E-state index in [0.29, 0.717) is 0 Å². The Kier molecular flexibility index (Phi) is 2.53. The average Bonchev–Trinajstić information content (AvgIpc) is 3.00. The van der Waals surface area contributed by atoms with E-state index in [-0.39, 0.29) is 23.7 Å². The summed E-state index contributed by atoms with van der Waals surface area (Å²) in [5, 5.41) is 0. The Morgan fingerprint density at radius 3 is 3.14 bits per heavy atom. The molecule has 2 aromatic heterocycles. The molecule has 2 aromatic rings. The SMILES string of the molecule is Nc1nc2c(ncn2C2OCC3OP(=O)(O)OC32)c(=O)[nH]1. The van der Waals surface area contributed by atoms with Gasteiger partial charge in [-0.1, -0.05) is 0 Å². The third-order valence-electron chi connectivity index (χ3n) is 3.33. The van der Waals surface area contributed by atoms with Crippen molar-refractivity contribution in [1.82, 2.24) is 19.5 Å². The molecular formula is C9H10N5O6P. The lowest BCUT2D eigenvalue weighted by atomic mass is 10.2. The number of rotatable bonds is 1. The zero-order valence-corrected chi connectivity index (χ0v) is 11.3. The highest BCUT2D eigenvalue weighted by Gasteiger charge is 2.53. The Labute approximate surface area is 116 Å². The van der Waals surface area contributed by atoms with Gasteiger partial charge in [0.2, 0.25) is 5.95 Å². The first-order chi connectivity index (χ1) is 9.94. The lowest BCUT2D eigenvalue weighted by Crippen LogP contribution is -2.26. The Balaban J connectivity index is 1.81. The number of phosphoric acid groups is 1. The van der Waals surface area contributed by atoms with Crippen molar-refractivity contribution in [2.24, 2.45) is 0 Å². The molecular weight excluding hydrogens is 305 g/mol. The molecule has 2 aliphatic heterocycles. The van der Waals surface area contributed by atoms with Crippen LogP contribution in [0.25, 0.3) is 11.2 Å². The van der Waals surface area contributed by atoms with Crippen molar-refractivity contribution < 1.29 is 23.2 Å². The van der Waals surface area contributed by atoms with Crippen LogP contribution < -0.4 is 11.3 Å². The topological polar surface area (TPSA) is 155 Å². The maximum Gasteiger partial charge on any atom is 0.473 e. The van der Waals surface area contributed by atoms with Crippen LogP contribution >= 0.6 is 7.82 Å². The molecule has 4 unspecified atom stereocenters. The summed E-state index contributed by atoms with van der Waals surface area (Å²) in [6.07, 6.45) is -0.900. The van der Waals surface area contributed by atoms with E-state index in [1.54, 1.807) is 0 Å².